The number of hydrogen-bond acceptors (Lipinski definition) is 3. The van der Waals surface area contributed by atoms with Crippen LogP contribution in [0.15, 0.2) is 84.9 Å². The summed E-state index contributed by atoms with van der Waals surface area (Å²) in [7, 11) is 0. The van der Waals surface area contributed by atoms with Crippen molar-refractivity contribution in [1.82, 2.24) is 10.2 Å². The van der Waals surface area contributed by atoms with Crippen molar-refractivity contribution >= 4 is 11.8 Å². The molecule has 0 saturated heterocycles. The van der Waals surface area contributed by atoms with Crippen LogP contribution < -0.4 is 10.1 Å². The van der Waals surface area contributed by atoms with Crippen molar-refractivity contribution in [1.29, 1.82) is 0 Å². The first-order valence-electron chi connectivity index (χ1n) is 11.8. The zero-order chi connectivity index (χ0) is 24.3. The number of nitrogens with zero attached hydrogens (tertiary/aromatic N) is 1. The standard InChI is InChI=1S/C29H34N2O3/c1-4-23(3)30-29(33)27(19-24-14-7-5-8-15-24)31(20-25-16-12-11-13-22(25)2)28(32)21-34-26-17-9-6-10-18-26/h5-18,23,27H,4,19-21H2,1-3H3,(H,30,33)/t23-,27-/m1/s1. The average Bonchev–Trinajstić information content (AvgIpc) is 2.86. The zero-order valence-electron chi connectivity index (χ0n) is 20.2. The van der Waals surface area contributed by atoms with Crippen LogP contribution >= 0.6 is 0 Å². The molecule has 0 aromatic heterocycles. The van der Waals surface area contributed by atoms with Crippen molar-refractivity contribution in [3.05, 3.63) is 102 Å². The number of hydrogen-bond donors (Lipinski definition) is 1. The van der Waals surface area contributed by atoms with Crippen LogP contribution in [0.2, 0.25) is 0 Å². The highest BCUT2D eigenvalue weighted by molar-refractivity contribution is 5.88. The van der Waals surface area contributed by atoms with Crippen molar-refractivity contribution in [2.75, 3.05) is 6.61 Å². The van der Waals surface area contributed by atoms with Gasteiger partial charge in [-0.1, -0.05) is 79.7 Å². The smallest absolute Gasteiger partial charge is 0.261 e. The Kier molecular flexibility index (Phi) is 9.27. The highest BCUT2D eigenvalue weighted by atomic mass is 16.5. The van der Waals surface area contributed by atoms with E-state index in [0.29, 0.717) is 18.7 Å². The third-order valence-corrected chi connectivity index (χ3v) is 5.98. The van der Waals surface area contributed by atoms with Gasteiger partial charge in [-0.15, -0.1) is 0 Å². The molecule has 0 unspecified atom stereocenters. The first-order valence-corrected chi connectivity index (χ1v) is 11.8. The molecule has 0 radical (unpaired) electrons. The summed E-state index contributed by atoms with van der Waals surface area (Å²) < 4.78 is 5.78. The van der Waals surface area contributed by atoms with Gasteiger partial charge in [-0.3, -0.25) is 9.59 Å². The number of ether oxygens (including phenoxy) is 1. The van der Waals surface area contributed by atoms with Crippen LogP contribution in [0, 0.1) is 6.92 Å². The summed E-state index contributed by atoms with van der Waals surface area (Å²) in [5, 5.41) is 3.09. The minimum Gasteiger partial charge on any atom is -0.484 e. The lowest BCUT2D eigenvalue weighted by Crippen LogP contribution is -2.53. The van der Waals surface area contributed by atoms with Gasteiger partial charge in [0.1, 0.15) is 11.8 Å². The van der Waals surface area contributed by atoms with Gasteiger partial charge in [-0.05, 0) is 49.1 Å². The second-order valence-corrected chi connectivity index (χ2v) is 8.57. The lowest BCUT2D eigenvalue weighted by atomic mass is 10.0. The van der Waals surface area contributed by atoms with Gasteiger partial charge in [0.15, 0.2) is 6.61 Å². The summed E-state index contributed by atoms with van der Waals surface area (Å²) in [6.07, 6.45) is 1.23. The topological polar surface area (TPSA) is 58.6 Å². The Morgan fingerprint density at radius 3 is 2.18 bits per heavy atom. The number of carbonyl (C=O) groups excluding carboxylic acids is 2. The molecule has 5 nitrogen and oxygen atoms in total. The van der Waals surface area contributed by atoms with Crippen LogP contribution in [0.4, 0.5) is 0 Å². The Balaban J connectivity index is 1.92. The summed E-state index contributed by atoms with van der Waals surface area (Å²) in [5.74, 6) is 0.238. The molecule has 0 fully saturated rings. The fourth-order valence-corrected chi connectivity index (χ4v) is 3.71. The highest BCUT2D eigenvalue weighted by Crippen LogP contribution is 2.18. The Morgan fingerprint density at radius 2 is 1.53 bits per heavy atom. The number of para-hydroxylation sites is 1. The van der Waals surface area contributed by atoms with E-state index >= 15 is 0 Å². The Morgan fingerprint density at radius 1 is 0.912 bits per heavy atom. The van der Waals surface area contributed by atoms with Gasteiger partial charge < -0.3 is 15.0 Å². The van der Waals surface area contributed by atoms with E-state index in [1.807, 2.05) is 106 Å². The molecule has 5 heteroatoms. The monoisotopic (exact) mass is 458 g/mol. The lowest BCUT2D eigenvalue weighted by Gasteiger charge is -2.32. The summed E-state index contributed by atoms with van der Waals surface area (Å²) in [6, 6.07) is 26.4. The molecule has 0 aliphatic heterocycles. The predicted molar refractivity (Wildman–Crippen MR) is 135 cm³/mol. The lowest BCUT2D eigenvalue weighted by molar-refractivity contribution is -0.143. The SMILES string of the molecule is CC[C@@H](C)NC(=O)[C@@H](Cc1ccccc1)N(Cc1ccccc1C)C(=O)COc1ccccc1. The third-order valence-electron chi connectivity index (χ3n) is 5.98. The van der Waals surface area contributed by atoms with Gasteiger partial charge in [0, 0.05) is 19.0 Å². The normalized spacial score (nSPS) is 12.4. The van der Waals surface area contributed by atoms with Gasteiger partial charge in [0.05, 0.1) is 0 Å². The van der Waals surface area contributed by atoms with E-state index in [9.17, 15) is 9.59 Å². The quantitative estimate of drug-likeness (QED) is 0.443. The number of amides is 2. The summed E-state index contributed by atoms with van der Waals surface area (Å²) in [6.45, 7) is 6.21. The molecule has 0 saturated carbocycles. The van der Waals surface area contributed by atoms with Crippen LogP contribution in [0.5, 0.6) is 5.75 Å². The first kappa shape index (κ1) is 25.0. The Hall–Kier alpha value is -3.60. The molecule has 1 N–H and O–H groups in total. The maximum atomic E-state index is 13.5. The molecule has 2 atom stereocenters. The molecule has 2 amide bonds. The van der Waals surface area contributed by atoms with Gasteiger partial charge in [-0.25, -0.2) is 0 Å². The van der Waals surface area contributed by atoms with Crippen LogP contribution in [0.25, 0.3) is 0 Å². The molecule has 0 aliphatic carbocycles. The van der Waals surface area contributed by atoms with Crippen LogP contribution in [-0.2, 0) is 22.6 Å². The second kappa shape index (κ2) is 12.6. The maximum Gasteiger partial charge on any atom is 0.261 e. The number of aryl methyl sites for hydroxylation is 1. The van der Waals surface area contributed by atoms with Gasteiger partial charge >= 0.3 is 0 Å². The number of rotatable bonds is 11. The summed E-state index contributed by atoms with van der Waals surface area (Å²) in [5.41, 5.74) is 3.08. The fraction of sp³-hybridized carbons (Fsp3) is 0.310. The molecule has 0 bridgehead atoms. The Bertz CT molecular complexity index is 1050. The van der Waals surface area contributed by atoms with Crippen molar-refractivity contribution in [3.8, 4) is 5.75 Å². The summed E-state index contributed by atoms with van der Waals surface area (Å²) in [4.78, 5) is 28.7. The van der Waals surface area contributed by atoms with E-state index in [2.05, 4.69) is 5.32 Å². The van der Waals surface area contributed by atoms with E-state index in [1.165, 1.54) is 0 Å². The molecular weight excluding hydrogens is 424 g/mol. The van der Waals surface area contributed by atoms with Crippen LogP contribution in [-0.4, -0.2) is 35.4 Å². The predicted octanol–water partition coefficient (Wildman–Crippen LogP) is 4.93. The number of nitrogens with one attached hydrogen (secondary N) is 1. The molecule has 34 heavy (non-hydrogen) atoms. The van der Waals surface area contributed by atoms with Gasteiger partial charge in [-0.2, -0.15) is 0 Å². The molecule has 3 rings (SSSR count). The Labute approximate surface area is 202 Å². The van der Waals surface area contributed by atoms with Gasteiger partial charge in [0.2, 0.25) is 5.91 Å². The van der Waals surface area contributed by atoms with Crippen molar-refractivity contribution < 1.29 is 14.3 Å². The van der Waals surface area contributed by atoms with E-state index in [4.69, 9.17) is 4.74 Å². The summed E-state index contributed by atoms with van der Waals surface area (Å²) >= 11 is 0. The largest absolute Gasteiger partial charge is 0.484 e. The second-order valence-electron chi connectivity index (χ2n) is 8.57. The minimum atomic E-state index is -0.664. The molecular formula is C29H34N2O3. The molecule has 178 valence electrons. The molecule has 0 spiro atoms. The molecule has 0 heterocycles. The average molecular weight is 459 g/mol. The van der Waals surface area contributed by atoms with Crippen LogP contribution in [0.1, 0.15) is 37.0 Å². The number of benzene rings is 3. The van der Waals surface area contributed by atoms with E-state index in [-0.39, 0.29) is 24.5 Å². The van der Waals surface area contributed by atoms with Crippen molar-refractivity contribution in [3.63, 3.8) is 0 Å². The zero-order valence-corrected chi connectivity index (χ0v) is 20.2. The fourth-order valence-electron chi connectivity index (χ4n) is 3.71. The van der Waals surface area contributed by atoms with E-state index in [1.54, 1.807) is 4.90 Å². The van der Waals surface area contributed by atoms with Crippen molar-refractivity contribution in [2.45, 2.75) is 52.2 Å². The third kappa shape index (κ3) is 7.20. The molecule has 3 aromatic carbocycles. The van der Waals surface area contributed by atoms with E-state index in [0.717, 1.165) is 23.1 Å². The highest BCUT2D eigenvalue weighted by Gasteiger charge is 2.31. The van der Waals surface area contributed by atoms with Crippen molar-refractivity contribution in [2.24, 2.45) is 0 Å². The first-order chi connectivity index (χ1) is 16.5. The molecule has 0 aliphatic rings. The van der Waals surface area contributed by atoms with Gasteiger partial charge in [0.25, 0.3) is 5.91 Å². The maximum absolute atomic E-state index is 13.5. The molecule has 3 aromatic rings. The van der Waals surface area contributed by atoms with E-state index < -0.39 is 6.04 Å². The number of carbonyl (C=O) groups is 2. The van der Waals surface area contributed by atoms with Crippen LogP contribution in [0.3, 0.4) is 0 Å². The minimum absolute atomic E-state index is 0.0155.